The maximum atomic E-state index is 3.60. The SMILES string of the molecule is [C-]1=CC=CC1.[CH2-]CCC.[CH2-]CCC.[CH2-]CCC.[Zr+4]. The summed E-state index contributed by atoms with van der Waals surface area (Å²) in [6.07, 6.45) is 16.8. The first-order chi connectivity index (χ1) is 8.24. The Bertz CT molecular complexity index is 111. The van der Waals surface area contributed by atoms with Gasteiger partial charge in [0.25, 0.3) is 0 Å². The summed E-state index contributed by atoms with van der Waals surface area (Å²) in [6, 6.07) is 0. The van der Waals surface area contributed by atoms with E-state index < -0.39 is 0 Å². The van der Waals surface area contributed by atoms with Gasteiger partial charge in [-0.1, -0.05) is 40.0 Å². The van der Waals surface area contributed by atoms with Gasteiger partial charge in [-0.05, 0) is 0 Å². The van der Waals surface area contributed by atoms with Crippen LogP contribution in [-0.4, -0.2) is 0 Å². The van der Waals surface area contributed by atoms with Crippen LogP contribution in [0, 0.1) is 26.8 Å². The third kappa shape index (κ3) is 55.2. The van der Waals surface area contributed by atoms with Gasteiger partial charge >= 0.3 is 26.2 Å². The second kappa shape index (κ2) is 36.0. The van der Waals surface area contributed by atoms with Crippen molar-refractivity contribution in [2.75, 3.05) is 0 Å². The fraction of sp³-hybridized carbons (Fsp3) is 0.588. The van der Waals surface area contributed by atoms with Gasteiger partial charge in [-0.15, -0.1) is 6.42 Å². The zero-order valence-corrected chi connectivity index (χ0v) is 15.3. The molecule has 0 aromatic rings. The van der Waals surface area contributed by atoms with Crippen LogP contribution in [0.15, 0.2) is 18.2 Å². The first kappa shape index (κ1) is 26.8. The summed E-state index contributed by atoms with van der Waals surface area (Å²) in [4.78, 5) is 0. The molecule has 0 aromatic heterocycles. The van der Waals surface area contributed by atoms with Crippen molar-refractivity contribution in [1.29, 1.82) is 0 Å². The molecule has 0 aliphatic heterocycles. The van der Waals surface area contributed by atoms with Crippen LogP contribution in [0.3, 0.4) is 0 Å². The van der Waals surface area contributed by atoms with E-state index in [0.29, 0.717) is 0 Å². The molecule has 0 amide bonds. The molecule has 104 valence electrons. The van der Waals surface area contributed by atoms with E-state index in [-0.39, 0.29) is 26.2 Å². The minimum Gasteiger partial charge on any atom is -0.343 e. The van der Waals surface area contributed by atoms with Crippen LogP contribution in [0.1, 0.15) is 65.7 Å². The van der Waals surface area contributed by atoms with E-state index >= 15 is 0 Å². The molecular weight excluding hydrogens is 295 g/mol. The Morgan fingerprint density at radius 2 is 1.22 bits per heavy atom. The number of rotatable bonds is 3. The zero-order chi connectivity index (χ0) is 13.8. The second-order valence-electron chi connectivity index (χ2n) is 3.56. The monoisotopic (exact) mass is 326 g/mol. The molecule has 1 rings (SSSR count). The topological polar surface area (TPSA) is 0 Å². The Kier molecular flexibility index (Phi) is 53.7. The van der Waals surface area contributed by atoms with Crippen LogP contribution in [0.2, 0.25) is 0 Å². The summed E-state index contributed by atoms with van der Waals surface area (Å²) in [7, 11) is 0. The van der Waals surface area contributed by atoms with Crippen molar-refractivity contribution in [2.24, 2.45) is 0 Å². The molecule has 0 spiro atoms. The minimum absolute atomic E-state index is 0. The van der Waals surface area contributed by atoms with Gasteiger partial charge in [0, 0.05) is 0 Å². The van der Waals surface area contributed by atoms with E-state index in [0.717, 1.165) is 25.7 Å². The Morgan fingerprint density at radius 1 is 0.889 bits per heavy atom. The van der Waals surface area contributed by atoms with Crippen LogP contribution in [-0.2, 0) is 26.2 Å². The summed E-state index contributed by atoms with van der Waals surface area (Å²) < 4.78 is 0. The molecule has 0 heterocycles. The Morgan fingerprint density at radius 3 is 1.28 bits per heavy atom. The number of hydrogen-bond donors (Lipinski definition) is 0. The smallest absolute Gasteiger partial charge is 0.343 e. The Balaban J connectivity index is -0.0000000719. The number of unbranched alkanes of at least 4 members (excludes halogenated alkanes) is 3. The van der Waals surface area contributed by atoms with Crippen molar-refractivity contribution >= 4 is 0 Å². The third-order valence-corrected chi connectivity index (χ3v) is 1.65. The molecule has 0 aromatic carbocycles. The van der Waals surface area contributed by atoms with Gasteiger partial charge < -0.3 is 20.8 Å². The summed E-state index contributed by atoms with van der Waals surface area (Å²) >= 11 is 0. The van der Waals surface area contributed by atoms with Crippen molar-refractivity contribution in [3.8, 4) is 0 Å². The quantitative estimate of drug-likeness (QED) is 0.544. The molecule has 1 aliphatic rings. The normalized spacial score (nSPS) is 9.89. The van der Waals surface area contributed by atoms with Crippen LogP contribution < -0.4 is 0 Å². The standard InChI is InChI=1S/C5H5.3C4H9.Zr/c1-2-4-5-3-1;3*1-3-4-2;/h1-3H,4H2;3*1,3-4H2,2H3;/q4*-1;+4. The van der Waals surface area contributed by atoms with E-state index in [1.54, 1.807) is 0 Å². The molecule has 0 bridgehead atoms. The Labute approximate surface area is 136 Å². The van der Waals surface area contributed by atoms with Crippen molar-refractivity contribution in [3.63, 3.8) is 0 Å². The van der Waals surface area contributed by atoms with Crippen LogP contribution >= 0.6 is 0 Å². The third-order valence-electron chi connectivity index (χ3n) is 1.65. The largest absolute Gasteiger partial charge is 4.00 e. The predicted octanol–water partition coefficient (Wildman–Crippen LogP) is 6.16. The summed E-state index contributed by atoms with van der Waals surface area (Å²) in [5, 5.41) is 0. The van der Waals surface area contributed by atoms with Gasteiger partial charge in [0.05, 0.1) is 0 Å². The maximum Gasteiger partial charge on any atom is 4.00 e. The fourth-order valence-corrected chi connectivity index (χ4v) is 0.340. The van der Waals surface area contributed by atoms with Gasteiger partial charge in [-0.3, -0.25) is 6.08 Å². The molecule has 0 fully saturated rings. The van der Waals surface area contributed by atoms with Crippen molar-refractivity contribution in [3.05, 3.63) is 45.1 Å². The van der Waals surface area contributed by atoms with Crippen molar-refractivity contribution in [2.45, 2.75) is 65.7 Å². The van der Waals surface area contributed by atoms with Crippen molar-refractivity contribution < 1.29 is 26.2 Å². The second-order valence-corrected chi connectivity index (χ2v) is 3.56. The molecule has 0 atom stereocenters. The number of allylic oxidation sites excluding steroid dienone is 4. The molecule has 0 nitrogen and oxygen atoms in total. The molecule has 0 N–H and O–H groups in total. The Hall–Kier alpha value is 0.363. The summed E-state index contributed by atoms with van der Waals surface area (Å²) in [6.45, 7) is 17.2. The zero-order valence-electron chi connectivity index (χ0n) is 12.8. The van der Waals surface area contributed by atoms with E-state index in [1.165, 1.54) is 19.3 Å². The first-order valence-corrected chi connectivity index (χ1v) is 6.84. The molecule has 0 radical (unpaired) electrons. The molecular formula is C17H32Zr. The van der Waals surface area contributed by atoms with Gasteiger partial charge in [0.2, 0.25) is 0 Å². The van der Waals surface area contributed by atoms with Gasteiger partial charge in [0.1, 0.15) is 0 Å². The minimum atomic E-state index is 0. The first-order valence-electron chi connectivity index (χ1n) is 6.84. The van der Waals surface area contributed by atoms with Gasteiger partial charge in [-0.25, -0.2) is 12.2 Å². The summed E-state index contributed by atoms with van der Waals surface area (Å²) in [5.74, 6) is 0. The molecule has 1 heteroatoms. The average Bonchev–Trinajstić information content (AvgIpc) is 2.98. The molecule has 0 unspecified atom stereocenters. The van der Waals surface area contributed by atoms with Gasteiger partial charge in [0.15, 0.2) is 0 Å². The molecule has 0 saturated heterocycles. The average molecular weight is 328 g/mol. The van der Waals surface area contributed by atoms with Crippen LogP contribution in [0.25, 0.3) is 0 Å². The molecule has 1 aliphatic carbocycles. The van der Waals surface area contributed by atoms with E-state index in [2.05, 4.69) is 53.7 Å². The number of hydrogen-bond acceptors (Lipinski definition) is 0. The van der Waals surface area contributed by atoms with E-state index in [9.17, 15) is 0 Å². The van der Waals surface area contributed by atoms with Crippen LogP contribution in [0.5, 0.6) is 0 Å². The van der Waals surface area contributed by atoms with E-state index in [1.807, 2.05) is 12.2 Å². The van der Waals surface area contributed by atoms with Gasteiger partial charge in [-0.2, -0.15) is 25.3 Å². The van der Waals surface area contributed by atoms with E-state index in [4.69, 9.17) is 0 Å². The summed E-state index contributed by atoms with van der Waals surface area (Å²) in [5.41, 5.74) is 0. The predicted molar refractivity (Wildman–Crippen MR) is 82.4 cm³/mol. The molecule has 0 saturated carbocycles. The van der Waals surface area contributed by atoms with Crippen LogP contribution in [0.4, 0.5) is 0 Å². The fourth-order valence-electron chi connectivity index (χ4n) is 0.340. The maximum absolute atomic E-state index is 3.60. The molecule has 18 heavy (non-hydrogen) atoms. The van der Waals surface area contributed by atoms with Crippen molar-refractivity contribution in [1.82, 2.24) is 0 Å².